The number of benzene rings is 1. The van der Waals surface area contributed by atoms with Gasteiger partial charge >= 0.3 is 0 Å². The molecular formula is C14H18O2. The Morgan fingerprint density at radius 2 is 2.00 bits per heavy atom. The van der Waals surface area contributed by atoms with Crippen molar-refractivity contribution in [3.63, 3.8) is 0 Å². The summed E-state index contributed by atoms with van der Waals surface area (Å²) in [5.41, 5.74) is 0.667. The van der Waals surface area contributed by atoms with E-state index in [-0.39, 0.29) is 12.7 Å². The third kappa shape index (κ3) is 3.37. The molecule has 1 aromatic carbocycles. The maximum Gasteiger partial charge on any atom is 0.125 e. The van der Waals surface area contributed by atoms with Crippen molar-refractivity contribution < 1.29 is 9.84 Å². The van der Waals surface area contributed by atoms with Crippen LogP contribution in [0, 0.1) is 17.8 Å². The Morgan fingerprint density at radius 3 is 2.50 bits per heavy atom. The molecule has 0 fully saturated rings. The Balaban J connectivity index is 2.57. The van der Waals surface area contributed by atoms with Gasteiger partial charge in [-0.2, -0.15) is 0 Å². The highest BCUT2D eigenvalue weighted by Gasteiger charge is 2.28. The zero-order valence-corrected chi connectivity index (χ0v) is 9.81. The zero-order chi connectivity index (χ0) is 12.0. The molecule has 2 heteroatoms. The molecule has 16 heavy (non-hydrogen) atoms. The summed E-state index contributed by atoms with van der Waals surface area (Å²) < 4.78 is 5.64. The molecule has 0 radical (unpaired) electrons. The topological polar surface area (TPSA) is 29.5 Å². The van der Waals surface area contributed by atoms with E-state index in [0.717, 1.165) is 5.56 Å². The third-order valence-corrected chi connectivity index (χ3v) is 2.53. The van der Waals surface area contributed by atoms with Crippen molar-refractivity contribution in [2.24, 2.45) is 5.41 Å². The number of rotatable bonds is 5. The van der Waals surface area contributed by atoms with E-state index in [9.17, 15) is 5.11 Å². The van der Waals surface area contributed by atoms with E-state index in [1.807, 2.05) is 44.2 Å². The van der Waals surface area contributed by atoms with Crippen molar-refractivity contribution in [1.29, 1.82) is 0 Å². The molecule has 1 aromatic rings. The third-order valence-electron chi connectivity index (χ3n) is 2.53. The molecule has 0 heterocycles. The van der Waals surface area contributed by atoms with Gasteiger partial charge in [-0.3, -0.25) is 0 Å². The normalized spacial score (nSPS) is 13.1. The van der Waals surface area contributed by atoms with Gasteiger partial charge in [0.1, 0.15) is 6.10 Å². The second-order valence-electron chi connectivity index (χ2n) is 4.49. The van der Waals surface area contributed by atoms with Gasteiger partial charge in [0.2, 0.25) is 0 Å². The van der Waals surface area contributed by atoms with Crippen LogP contribution in [0.5, 0.6) is 0 Å². The van der Waals surface area contributed by atoms with Crippen LogP contribution in [0.2, 0.25) is 0 Å². The van der Waals surface area contributed by atoms with Crippen molar-refractivity contribution >= 4 is 0 Å². The van der Waals surface area contributed by atoms with E-state index in [4.69, 9.17) is 11.2 Å². The average Bonchev–Trinajstić information content (AvgIpc) is 2.31. The standard InChI is InChI=1S/C14H18O2/c1-4-13(14(2,3)11-15)16-10-12-8-6-5-7-9-12/h1,5-9,13,15H,10-11H2,2-3H3. The summed E-state index contributed by atoms with van der Waals surface area (Å²) in [6, 6.07) is 9.85. The number of aliphatic hydroxyl groups excluding tert-OH is 1. The Hall–Kier alpha value is -1.30. The highest BCUT2D eigenvalue weighted by atomic mass is 16.5. The predicted octanol–water partition coefficient (Wildman–Crippen LogP) is 2.22. The molecule has 2 nitrogen and oxygen atoms in total. The first-order chi connectivity index (χ1) is 7.60. The van der Waals surface area contributed by atoms with Crippen molar-refractivity contribution in [2.75, 3.05) is 6.61 Å². The molecule has 1 atom stereocenters. The van der Waals surface area contributed by atoms with Crippen LogP contribution in [-0.4, -0.2) is 17.8 Å². The molecular weight excluding hydrogens is 200 g/mol. The van der Waals surface area contributed by atoms with Gasteiger partial charge in [-0.25, -0.2) is 0 Å². The van der Waals surface area contributed by atoms with E-state index in [0.29, 0.717) is 6.61 Å². The summed E-state index contributed by atoms with van der Waals surface area (Å²) in [6.45, 7) is 4.26. The maximum absolute atomic E-state index is 9.22. The smallest absolute Gasteiger partial charge is 0.125 e. The number of terminal acetylenes is 1. The fourth-order valence-electron chi connectivity index (χ4n) is 1.34. The summed E-state index contributed by atoms with van der Waals surface area (Å²) in [7, 11) is 0. The van der Waals surface area contributed by atoms with E-state index in [1.165, 1.54) is 0 Å². The van der Waals surface area contributed by atoms with Crippen LogP contribution < -0.4 is 0 Å². The Kier molecular flexibility index (Phi) is 4.54. The van der Waals surface area contributed by atoms with Gasteiger partial charge in [-0.15, -0.1) is 6.42 Å². The minimum Gasteiger partial charge on any atom is -0.396 e. The van der Waals surface area contributed by atoms with E-state index in [2.05, 4.69) is 5.92 Å². The second-order valence-corrected chi connectivity index (χ2v) is 4.49. The van der Waals surface area contributed by atoms with Gasteiger partial charge in [0.25, 0.3) is 0 Å². The summed E-state index contributed by atoms with van der Waals surface area (Å²) >= 11 is 0. The Labute approximate surface area is 97.3 Å². The molecule has 0 aromatic heterocycles. The van der Waals surface area contributed by atoms with Crippen molar-refractivity contribution in [3.05, 3.63) is 35.9 Å². The van der Waals surface area contributed by atoms with Crippen molar-refractivity contribution in [3.8, 4) is 12.3 Å². The van der Waals surface area contributed by atoms with E-state index in [1.54, 1.807) is 0 Å². The fourth-order valence-corrected chi connectivity index (χ4v) is 1.34. The Bertz CT molecular complexity index is 349. The van der Waals surface area contributed by atoms with Crippen LogP contribution >= 0.6 is 0 Å². The monoisotopic (exact) mass is 218 g/mol. The lowest BCUT2D eigenvalue weighted by molar-refractivity contribution is -0.0232. The van der Waals surface area contributed by atoms with Crippen LogP contribution in [0.25, 0.3) is 0 Å². The van der Waals surface area contributed by atoms with Crippen molar-refractivity contribution in [1.82, 2.24) is 0 Å². The van der Waals surface area contributed by atoms with E-state index < -0.39 is 5.41 Å². The Morgan fingerprint density at radius 1 is 1.38 bits per heavy atom. The summed E-state index contributed by atoms with van der Waals surface area (Å²) in [6.07, 6.45) is 5.04. The largest absolute Gasteiger partial charge is 0.396 e. The lowest BCUT2D eigenvalue weighted by atomic mass is 9.88. The van der Waals surface area contributed by atoms with Crippen LogP contribution in [-0.2, 0) is 11.3 Å². The summed E-state index contributed by atoms with van der Waals surface area (Å²) in [4.78, 5) is 0. The molecule has 1 unspecified atom stereocenters. The minimum absolute atomic E-state index is 0.0106. The van der Waals surface area contributed by atoms with Crippen LogP contribution in [0.15, 0.2) is 30.3 Å². The highest BCUT2D eigenvalue weighted by Crippen LogP contribution is 2.23. The molecule has 0 bridgehead atoms. The maximum atomic E-state index is 9.22. The molecule has 0 amide bonds. The SMILES string of the molecule is C#CC(OCc1ccccc1)C(C)(C)CO. The van der Waals surface area contributed by atoms with Crippen molar-refractivity contribution in [2.45, 2.75) is 26.6 Å². The van der Waals surface area contributed by atoms with Gasteiger partial charge in [-0.1, -0.05) is 50.1 Å². The molecule has 0 saturated carbocycles. The van der Waals surface area contributed by atoms with Crippen LogP contribution in [0.3, 0.4) is 0 Å². The molecule has 0 saturated heterocycles. The first-order valence-electron chi connectivity index (χ1n) is 5.32. The number of hydrogen-bond acceptors (Lipinski definition) is 2. The average molecular weight is 218 g/mol. The number of ether oxygens (including phenoxy) is 1. The van der Waals surface area contributed by atoms with E-state index >= 15 is 0 Å². The van der Waals surface area contributed by atoms with Gasteiger partial charge in [0.05, 0.1) is 13.2 Å². The highest BCUT2D eigenvalue weighted by molar-refractivity contribution is 5.14. The lowest BCUT2D eigenvalue weighted by Gasteiger charge is -2.28. The fraction of sp³-hybridized carbons (Fsp3) is 0.429. The first kappa shape index (κ1) is 12.8. The van der Waals surface area contributed by atoms with Gasteiger partial charge in [0.15, 0.2) is 0 Å². The van der Waals surface area contributed by atoms with Gasteiger partial charge in [0, 0.05) is 5.41 Å². The molecule has 86 valence electrons. The van der Waals surface area contributed by atoms with Crippen LogP contribution in [0.1, 0.15) is 19.4 Å². The molecule has 1 N–H and O–H groups in total. The molecule has 0 spiro atoms. The first-order valence-corrected chi connectivity index (χ1v) is 5.32. The number of aliphatic hydroxyl groups is 1. The number of hydrogen-bond donors (Lipinski definition) is 1. The molecule has 1 rings (SSSR count). The predicted molar refractivity (Wildman–Crippen MR) is 64.7 cm³/mol. The minimum atomic E-state index is -0.413. The zero-order valence-electron chi connectivity index (χ0n) is 9.81. The summed E-state index contributed by atoms with van der Waals surface area (Å²) in [5, 5.41) is 9.22. The second kappa shape index (κ2) is 5.69. The summed E-state index contributed by atoms with van der Waals surface area (Å²) in [5.74, 6) is 2.58. The van der Waals surface area contributed by atoms with Gasteiger partial charge in [-0.05, 0) is 5.56 Å². The van der Waals surface area contributed by atoms with Gasteiger partial charge < -0.3 is 9.84 Å². The quantitative estimate of drug-likeness (QED) is 0.768. The molecule has 0 aliphatic rings. The van der Waals surface area contributed by atoms with Crippen LogP contribution in [0.4, 0.5) is 0 Å². The molecule has 0 aliphatic heterocycles. The molecule has 0 aliphatic carbocycles. The lowest BCUT2D eigenvalue weighted by Crippen LogP contribution is -2.33.